The summed E-state index contributed by atoms with van der Waals surface area (Å²) in [6.45, 7) is 4.03. The summed E-state index contributed by atoms with van der Waals surface area (Å²) >= 11 is 0. The van der Waals surface area contributed by atoms with E-state index in [0.717, 1.165) is 31.1 Å². The van der Waals surface area contributed by atoms with E-state index in [0.29, 0.717) is 23.0 Å². The van der Waals surface area contributed by atoms with Crippen LogP contribution in [-0.2, 0) is 0 Å². The van der Waals surface area contributed by atoms with E-state index >= 15 is 0 Å². The molecule has 126 valence electrons. The van der Waals surface area contributed by atoms with E-state index in [1.54, 1.807) is 12.3 Å². The fourth-order valence-corrected chi connectivity index (χ4v) is 2.94. The molecule has 0 radical (unpaired) electrons. The molecule has 0 atom stereocenters. The number of hydrogen-bond donors (Lipinski definition) is 3. The van der Waals surface area contributed by atoms with Gasteiger partial charge in [-0.15, -0.1) is 0 Å². The number of rotatable bonds is 4. The Balaban J connectivity index is 1.90. The van der Waals surface area contributed by atoms with Crippen molar-refractivity contribution in [1.29, 1.82) is 5.26 Å². The molecule has 0 spiro atoms. The summed E-state index contributed by atoms with van der Waals surface area (Å²) in [4.78, 5) is 13.3. The normalized spacial score (nSPS) is 20.8. The average molecular weight is 326 g/mol. The number of fused-ring (bicyclic) bond motifs is 1. The van der Waals surface area contributed by atoms with Crippen LogP contribution in [0, 0.1) is 11.3 Å². The Morgan fingerprint density at radius 1 is 1.25 bits per heavy atom. The zero-order chi connectivity index (χ0) is 17.1. The van der Waals surface area contributed by atoms with Gasteiger partial charge in [-0.3, -0.25) is 0 Å². The highest BCUT2D eigenvalue weighted by molar-refractivity contribution is 5.89. The van der Waals surface area contributed by atoms with Gasteiger partial charge in [0.15, 0.2) is 5.82 Å². The van der Waals surface area contributed by atoms with E-state index in [1.807, 2.05) is 13.8 Å². The van der Waals surface area contributed by atoms with Crippen molar-refractivity contribution in [1.82, 2.24) is 15.0 Å². The number of nitrogens with one attached hydrogen (secondary N) is 2. The summed E-state index contributed by atoms with van der Waals surface area (Å²) in [7, 11) is 0. The number of nitriles is 1. The first-order valence-electron chi connectivity index (χ1n) is 8.34. The lowest BCUT2D eigenvalue weighted by atomic mass is 9.93. The largest absolute Gasteiger partial charge is 0.393 e. The third kappa shape index (κ3) is 3.71. The molecule has 0 aliphatic heterocycles. The van der Waals surface area contributed by atoms with Gasteiger partial charge in [0.05, 0.1) is 6.10 Å². The van der Waals surface area contributed by atoms with E-state index in [-0.39, 0.29) is 18.2 Å². The van der Waals surface area contributed by atoms with E-state index in [9.17, 15) is 5.11 Å². The smallest absolute Gasteiger partial charge is 0.223 e. The lowest BCUT2D eigenvalue weighted by Crippen LogP contribution is -2.28. The van der Waals surface area contributed by atoms with Crippen molar-refractivity contribution in [2.75, 3.05) is 10.6 Å². The molecule has 7 heteroatoms. The van der Waals surface area contributed by atoms with E-state index in [1.165, 1.54) is 0 Å². The Morgan fingerprint density at radius 2 is 2.00 bits per heavy atom. The molecule has 1 saturated carbocycles. The third-order valence-electron chi connectivity index (χ3n) is 4.14. The molecule has 24 heavy (non-hydrogen) atoms. The van der Waals surface area contributed by atoms with Gasteiger partial charge in [-0.05, 0) is 45.6 Å². The minimum Gasteiger partial charge on any atom is -0.393 e. The number of aliphatic hydroxyl groups is 1. The highest BCUT2D eigenvalue weighted by Gasteiger charge is 2.20. The predicted molar refractivity (Wildman–Crippen MR) is 92.7 cm³/mol. The molecule has 1 aliphatic rings. The van der Waals surface area contributed by atoms with Crippen LogP contribution in [0.2, 0.25) is 0 Å². The lowest BCUT2D eigenvalue weighted by Gasteiger charge is -2.26. The molecular formula is C17H22N6O. The van der Waals surface area contributed by atoms with E-state index in [2.05, 4.69) is 31.7 Å². The monoisotopic (exact) mass is 326 g/mol. The number of aromatic nitrogens is 3. The van der Waals surface area contributed by atoms with Crippen LogP contribution in [0.15, 0.2) is 12.3 Å². The Morgan fingerprint density at radius 3 is 2.67 bits per heavy atom. The van der Waals surface area contributed by atoms with Crippen LogP contribution < -0.4 is 10.6 Å². The highest BCUT2D eigenvalue weighted by atomic mass is 16.3. The summed E-state index contributed by atoms with van der Waals surface area (Å²) in [6, 6.07) is 4.23. The van der Waals surface area contributed by atoms with Crippen LogP contribution in [0.4, 0.5) is 11.8 Å². The van der Waals surface area contributed by atoms with Crippen LogP contribution in [0.1, 0.15) is 45.2 Å². The van der Waals surface area contributed by atoms with Crippen LogP contribution >= 0.6 is 0 Å². The predicted octanol–water partition coefficient (Wildman–Crippen LogP) is 2.43. The maximum atomic E-state index is 9.60. The molecule has 3 rings (SSSR count). The standard InChI is InChI=1S/C17H22N6O/c1-10(2)20-16-15-11(7-13(8-18)21-16)9-19-17(23-15)22-12-3-5-14(24)6-4-12/h7,9-10,12,14,24H,3-6H2,1-2H3,(H,20,21)(H,19,22,23)/t12-,14-. The van der Waals surface area contributed by atoms with Crippen molar-refractivity contribution in [3.05, 3.63) is 18.0 Å². The molecular weight excluding hydrogens is 304 g/mol. The van der Waals surface area contributed by atoms with Crippen LogP contribution in [0.25, 0.3) is 10.9 Å². The Hall–Kier alpha value is -2.46. The second kappa shape index (κ2) is 6.97. The molecule has 7 nitrogen and oxygen atoms in total. The molecule has 0 bridgehead atoms. The van der Waals surface area contributed by atoms with Crippen molar-refractivity contribution in [2.45, 2.75) is 57.7 Å². The van der Waals surface area contributed by atoms with E-state index in [4.69, 9.17) is 5.26 Å². The van der Waals surface area contributed by atoms with E-state index < -0.39 is 0 Å². The minimum absolute atomic E-state index is 0.181. The second-order valence-corrected chi connectivity index (χ2v) is 6.55. The minimum atomic E-state index is -0.184. The molecule has 2 heterocycles. The van der Waals surface area contributed by atoms with Crippen LogP contribution in [0.5, 0.6) is 0 Å². The quantitative estimate of drug-likeness (QED) is 0.792. The molecule has 3 N–H and O–H groups in total. The van der Waals surface area contributed by atoms with Crippen molar-refractivity contribution >= 4 is 22.7 Å². The van der Waals surface area contributed by atoms with Crippen LogP contribution in [0.3, 0.4) is 0 Å². The maximum Gasteiger partial charge on any atom is 0.223 e. The summed E-state index contributed by atoms with van der Waals surface area (Å²) in [5, 5.41) is 26.1. The summed E-state index contributed by atoms with van der Waals surface area (Å²) in [5.74, 6) is 1.16. The molecule has 0 unspecified atom stereocenters. The van der Waals surface area contributed by atoms with Gasteiger partial charge in [0.1, 0.15) is 17.3 Å². The number of anilines is 2. The summed E-state index contributed by atoms with van der Waals surface area (Å²) < 4.78 is 0. The number of aliphatic hydroxyl groups excluding tert-OH is 1. The van der Waals surface area contributed by atoms with Gasteiger partial charge in [0.2, 0.25) is 5.95 Å². The Bertz CT molecular complexity index is 762. The first-order chi connectivity index (χ1) is 11.5. The molecule has 0 amide bonds. The molecule has 1 aliphatic carbocycles. The van der Waals surface area contributed by atoms with Gasteiger partial charge in [-0.1, -0.05) is 0 Å². The van der Waals surface area contributed by atoms with Crippen LogP contribution in [-0.4, -0.2) is 38.2 Å². The average Bonchev–Trinajstić information content (AvgIpc) is 2.56. The zero-order valence-corrected chi connectivity index (χ0v) is 14.0. The lowest BCUT2D eigenvalue weighted by molar-refractivity contribution is 0.126. The number of pyridine rings is 1. The third-order valence-corrected chi connectivity index (χ3v) is 4.14. The summed E-state index contributed by atoms with van der Waals surface area (Å²) in [6.07, 6.45) is 4.96. The second-order valence-electron chi connectivity index (χ2n) is 6.55. The van der Waals surface area contributed by atoms with Crippen molar-refractivity contribution in [3.63, 3.8) is 0 Å². The zero-order valence-electron chi connectivity index (χ0n) is 14.0. The van der Waals surface area contributed by atoms with Gasteiger partial charge >= 0.3 is 0 Å². The van der Waals surface area contributed by atoms with Crippen molar-refractivity contribution < 1.29 is 5.11 Å². The molecule has 0 saturated heterocycles. The first kappa shape index (κ1) is 16.4. The highest BCUT2D eigenvalue weighted by Crippen LogP contribution is 2.24. The number of hydrogen-bond acceptors (Lipinski definition) is 7. The Labute approximate surface area is 141 Å². The summed E-state index contributed by atoms with van der Waals surface area (Å²) in [5.41, 5.74) is 1.05. The molecule has 1 fully saturated rings. The van der Waals surface area contributed by atoms with Gasteiger partial charge in [-0.25, -0.2) is 15.0 Å². The molecule has 2 aromatic heterocycles. The van der Waals surface area contributed by atoms with Gasteiger partial charge < -0.3 is 15.7 Å². The van der Waals surface area contributed by atoms with Gasteiger partial charge in [0.25, 0.3) is 0 Å². The Kier molecular flexibility index (Phi) is 4.76. The van der Waals surface area contributed by atoms with Crippen molar-refractivity contribution in [2.24, 2.45) is 0 Å². The number of nitrogens with zero attached hydrogens (tertiary/aromatic N) is 4. The molecule has 0 aromatic carbocycles. The SMILES string of the molecule is CC(C)Nc1nc(C#N)cc2cnc(N[C@H]3CC[C@H](O)CC3)nc12. The maximum absolute atomic E-state index is 9.60. The van der Waals surface area contributed by atoms with Crippen molar-refractivity contribution in [3.8, 4) is 6.07 Å². The fraction of sp³-hybridized carbons (Fsp3) is 0.529. The molecule has 2 aromatic rings. The van der Waals surface area contributed by atoms with Gasteiger partial charge in [0, 0.05) is 23.7 Å². The van der Waals surface area contributed by atoms with Gasteiger partial charge in [-0.2, -0.15) is 5.26 Å². The first-order valence-corrected chi connectivity index (χ1v) is 8.34. The topological polar surface area (TPSA) is 107 Å². The fourth-order valence-electron chi connectivity index (χ4n) is 2.94.